The molecule has 3 rings (SSSR count). The van der Waals surface area contributed by atoms with Gasteiger partial charge in [-0.1, -0.05) is 46.3 Å². The van der Waals surface area contributed by atoms with Crippen LogP contribution in [0.25, 0.3) is 0 Å². The van der Waals surface area contributed by atoms with Crippen molar-refractivity contribution in [1.29, 1.82) is 0 Å². The van der Waals surface area contributed by atoms with Crippen LogP contribution >= 0.6 is 15.9 Å². The SMILES string of the molecule is Cc1cc(NC(=O)c2ncn(C[C@@H](O)c3ccccc3)n2)ccc1Br. The lowest BCUT2D eigenvalue weighted by Gasteiger charge is -2.10. The van der Waals surface area contributed by atoms with Crippen LogP contribution in [-0.2, 0) is 6.54 Å². The average molecular weight is 401 g/mol. The molecule has 6 nitrogen and oxygen atoms in total. The van der Waals surface area contributed by atoms with Crippen molar-refractivity contribution in [2.75, 3.05) is 5.32 Å². The molecule has 2 aromatic carbocycles. The summed E-state index contributed by atoms with van der Waals surface area (Å²) in [5, 5.41) is 17.1. The Balaban J connectivity index is 1.66. The van der Waals surface area contributed by atoms with E-state index in [0.717, 1.165) is 15.6 Å². The van der Waals surface area contributed by atoms with Crippen LogP contribution in [0.3, 0.4) is 0 Å². The Morgan fingerprint density at radius 3 is 2.76 bits per heavy atom. The molecule has 0 aliphatic rings. The summed E-state index contributed by atoms with van der Waals surface area (Å²) in [5.74, 6) is -0.337. The van der Waals surface area contributed by atoms with Crippen molar-refractivity contribution in [3.63, 3.8) is 0 Å². The summed E-state index contributed by atoms with van der Waals surface area (Å²) in [5.41, 5.74) is 2.47. The lowest BCUT2D eigenvalue weighted by Crippen LogP contribution is -2.15. The number of benzene rings is 2. The molecule has 0 radical (unpaired) electrons. The van der Waals surface area contributed by atoms with E-state index in [9.17, 15) is 9.90 Å². The number of rotatable bonds is 5. The van der Waals surface area contributed by atoms with Gasteiger partial charge >= 0.3 is 0 Å². The molecule has 0 fully saturated rings. The molecule has 1 amide bonds. The van der Waals surface area contributed by atoms with Crippen LogP contribution in [0.4, 0.5) is 5.69 Å². The monoisotopic (exact) mass is 400 g/mol. The van der Waals surface area contributed by atoms with Gasteiger partial charge in [0.2, 0.25) is 5.82 Å². The first-order valence-corrected chi connectivity index (χ1v) is 8.52. The van der Waals surface area contributed by atoms with Crippen LogP contribution in [0.2, 0.25) is 0 Å². The zero-order valence-electron chi connectivity index (χ0n) is 13.6. The van der Waals surface area contributed by atoms with Gasteiger partial charge in [-0.05, 0) is 36.2 Å². The van der Waals surface area contributed by atoms with Crippen molar-refractivity contribution in [1.82, 2.24) is 14.8 Å². The summed E-state index contributed by atoms with van der Waals surface area (Å²) in [6.45, 7) is 2.17. The van der Waals surface area contributed by atoms with Crippen molar-refractivity contribution < 1.29 is 9.90 Å². The zero-order chi connectivity index (χ0) is 17.8. The fourth-order valence-electron chi connectivity index (χ4n) is 2.35. The number of anilines is 1. The highest BCUT2D eigenvalue weighted by Crippen LogP contribution is 2.20. The molecule has 3 aromatic rings. The van der Waals surface area contributed by atoms with Crippen LogP contribution in [0.5, 0.6) is 0 Å². The van der Waals surface area contributed by atoms with Gasteiger partial charge in [0.25, 0.3) is 5.91 Å². The number of halogens is 1. The Morgan fingerprint density at radius 2 is 2.04 bits per heavy atom. The number of aliphatic hydroxyl groups is 1. The molecular formula is C18H17BrN4O2. The Hall–Kier alpha value is -2.51. The van der Waals surface area contributed by atoms with Gasteiger partial charge in [-0.3, -0.25) is 4.79 Å². The van der Waals surface area contributed by atoms with Gasteiger partial charge in [0.15, 0.2) is 0 Å². The fourth-order valence-corrected chi connectivity index (χ4v) is 2.60. The van der Waals surface area contributed by atoms with E-state index in [4.69, 9.17) is 0 Å². The third-order valence-corrected chi connectivity index (χ3v) is 4.59. The molecule has 2 N–H and O–H groups in total. The summed E-state index contributed by atoms with van der Waals surface area (Å²) in [7, 11) is 0. The van der Waals surface area contributed by atoms with E-state index in [1.54, 1.807) is 6.07 Å². The number of carbonyl (C=O) groups excluding carboxylic acids is 1. The smallest absolute Gasteiger partial charge is 0.295 e. The van der Waals surface area contributed by atoms with Crippen LogP contribution < -0.4 is 5.32 Å². The highest BCUT2D eigenvalue weighted by molar-refractivity contribution is 9.10. The third kappa shape index (κ3) is 4.32. The predicted octanol–water partition coefficient (Wildman–Crippen LogP) is 3.33. The number of aryl methyl sites for hydroxylation is 1. The molecule has 7 heteroatoms. The minimum absolute atomic E-state index is 0.0563. The molecule has 1 atom stereocenters. The Labute approximate surface area is 153 Å². The summed E-state index contributed by atoms with van der Waals surface area (Å²) in [6.07, 6.45) is 0.724. The van der Waals surface area contributed by atoms with E-state index in [2.05, 4.69) is 31.3 Å². The molecule has 0 aliphatic heterocycles. The number of aliphatic hydroxyl groups excluding tert-OH is 1. The maximum Gasteiger partial charge on any atom is 0.295 e. The Bertz CT molecular complexity index is 880. The minimum atomic E-state index is -0.715. The topological polar surface area (TPSA) is 80.0 Å². The molecule has 1 aromatic heterocycles. The number of hydrogen-bond donors (Lipinski definition) is 2. The Kier molecular flexibility index (Phi) is 5.25. The van der Waals surface area contributed by atoms with Gasteiger partial charge in [0.05, 0.1) is 12.6 Å². The summed E-state index contributed by atoms with van der Waals surface area (Å²) in [6, 6.07) is 14.8. The van der Waals surface area contributed by atoms with E-state index in [1.165, 1.54) is 11.0 Å². The van der Waals surface area contributed by atoms with Crippen LogP contribution in [0, 0.1) is 6.92 Å². The number of amides is 1. The van der Waals surface area contributed by atoms with E-state index < -0.39 is 12.0 Å². The molecule has 0 saturated heterocycles. The normalized spacial score (nSPS) is 12.0. The average Bonchev–Trinajstić information content (AvgIpc) is 3.07. The number of nitrogens with zero attached hydrogens (tertiary/aromatic N) is 3. The first-order valence-electron chi connectivity index (χ1n) is 7.73. The van der Waals surface area contributed by atoms with Crippen LogP contribution in [-0.4, -0.2) is 25.8 Å². The lowest BCUT2D eigenvalue weighted by atomic mass is 10.1. The van der Waals surface area contributed by atoms with E-state index >= 15 is 0 Å². The quantitative estimate of drug-likeness (QED) is 0.688. The number of hydrogen-bond acceptors (Lipinski definition) is 4. The second-order valence-corrected chi connectivity index (χ2v) is 6.49. The van der Waals surface area contributed by atoms with Gasteiger partial charge in [0, 0.05) is 10.2 Å². The van der Waals surface area contributed by atoms with Gasteiger partial charge in [-0.2, -0.15) is 0 Å². The van der Waals surface area contributed by atoms with Gasteiger partial charge in [0.1, 0.15) is 6.33 Å². The predicted molar refractivity (Wildman–Crippen MR) is 98.3 cm³/mol. The molecule has 0 unspecified atom stereocenters. The van der Waals surface area contributed by atoms with Crippen molar-refractivity contribution in [2.24, 2.45) is 0 Å². The Morgan fingerprint density at radius 1 is 1.28 bits per heavy atom. The van der Waals surface area contributed by atoms with Gasteiger partial charge < -0.3 is 10.4 Å². The minimum Gasteiger partial charge on any atom is -0.386 e. The summed E-state index contributed by atoms with van der Waals surface area (Å²) >= 11 is 3.42. The second kappa shape index (κ2) is 7.58. The molecule has 0 bridgehead atoms. The maximum absolute atomic E-state index is 12.3. The highest BCUT2D eigenvalue weighted by atomic mass is 79.9. The van der Waals surface area contributed by atoms with Crippen molar-refractivity contribution in [2.45, 2.75) is 19.6 Å². The molecule has 1 heterocycles. The van der Waals surface area contributed by atoms with Crippen LogP contribution in [0.1, 0.15) is 27.8 Å². The molecule has 25 heavy (non-hydrogen) atoms. The fraction of sp³-hybridized carbons (Fsp3) is 0.167. The first-order chi connectivity index (χ1) is 12.0. The van der Waals surface area contributed by atoms with E-state index in [-0.39, 0.29) is 12.4 Å². The number of nitrogens with one attached hydrogen (secondary N) is 1. The standard InChI is InChI=1S/C18H17BrN4O2/c1-12-9-14(7-8-15(12)19)21-18(25)17-20-11-23(22-17)10-16(24)13-5-3-2-4-6-13/h2-9,11,16,24H,10H2,1H3,(H,21,25)/t16-/m1/s1. The lowest BCUT2D eigenvalue weighted by molar-refractivity contribution is 0.101. The van der Waals surface area contributed by atoms with E-state index in [1.807, 2.05) is 49.4 Å². The van der Waals surface area contributed by atoms with Crippen molar-refractivity contribution >= 4 is 27.5 Å². The van der Waals surface area contributed by atoms with Crippen molar-refractivity contribution in [3.8, 4) is 0 Å². The number of aromatic nitrogens is 3. The van der Waals surface area contributed by atoms with Gasteiger partial charge in [-0.25, -0.2) is 9.67 Å². The zero-order valence-corrected chi connectivity index (χ0v) is 15.1. The maximum atomic E-state index is 12.3. The third-order valence-electron chi connectivity index (χ3n) is 3.70. The number of carbonyl (C=O) groups is 1. The highest BCUT2D eigenvalue weighted by Gasteiger charge is 2.14. The summed E-state index contributed by atoms with van der Waals surface area (Å²) < 4.78 is 2.43. The van der Waals surface area contributed by atoms with Crippen molar-refractivity contribution in [3.05, 3.63) is 76.3 Å². The largest absolute Gasteiger partial charge is 0.386 e. The summed E-state index contributed by atoms with van der Waals surface area (Å²) in [4.78, 5) is 16.3. The molecular weight excluding hydrogens is 384 g/mol. The molecule has 0 spiro atoms. The molecule has 128 valence electrons. The van der Waals surface area contributed by atoms with E-state index in [0.29, 0.717) is 5.69 Å². The van der Waals surface area contributed by atoms with Gasteiger partial charge in [-0.15, -0.1) is 5.10 Å². The second-order valence-electron chi connectivity index (χ2n) is 5.63. The molecule has 0 saturated carbocycles. The molecule has 0 aliphatic carbocycles. The van der Waals surface area contributed by atoms with Crippen LogP contribution in [0.15, 0.2) is 59.3 Å². The first kappa shape index (κ1) is 17.3.